The smallest absolute Gasteiger partial charge is 0.203 e. The molecule has 3 aromatic rings. The molecule has 0 fully saturated rings. The molecule has 6 heteroatoms. The van der Waals surface area contributed by atoms with Gasteiger partial charge in [-0.1, -0.05) is 6.07 Å². The number of rotatable bonds is 4. The number of thiazole rings is 1. The Labute approximate surface area is 132 Å². The molecule has 2 aromatic heterocycles. The number of aromatic hydroxyl groups is 1. The van der Waals surface area contributed by atoms with Crippen LogP contribution in [0.25, 0.3) is 11.3 Å². The number of nitrogens with one attached hydrogen (secondary N) is 1. The maximum absolute atomic E-state index is 9.99. The zero-order valence-corrected chi connectivity index (χ0v) is 12.7. The first-order valence-corrected chi connectivity index (χ1v) is 7.55. The van der Waals surface area contributed by atoms with Crippen molar-refractivity contribution in [3.63, 3.8) is 0 Å². The van der Waals surface area contributed by atoms with Gasteiger partial charge in [-0.2, -0.15) is 5.10 Å². The van der Waals surface area contributed by atoms with Gasteiger partial charge in [0.2, 0.25) is 5.13 Å². The molecule has 0 atom stereocenters. The van der Waals surface area contributed by atoms with Gasteiger partial charge in [-0.3, -0.25) is 10.4 Å². The average Bonchev–Trinajstić information content (AvgIpc) is 2.97. The van der Waals surface area contributed by atoms with Crippen LogP contribution in [0.3, 0.4) is 0 Å². The molecule has 0 radical (unpaired) electrons. The Balaban J connectivity index is 1.73. The van der Waals surface area contributed by atoms with E-state index in [1.165, 1.54) is 11.3 Å². The number of phenolic OH excluding ortho intramolecular Hbond substituents is 1. The van der Waals surface area contributed by atoms with E-state index in [0.717, 1.165) is 16.8 Å². The quantitative estimate of drug-likeness (QED) is 0.570. The summed E-state index contributed by atoms with van der Waals surface area (Å²) in [6.07, 6.45) is 5.12. The molecule has 2 heterocycles. The highest BCUT2D eigenvalue weighted by atomic mass is 32.1. The molecular formula is C16H14N4OS. The number of phenols is 1. The summed E-state index contributed by atoms with van der Waals surface area (Å²) < 4.78 is 0. The monoisotopic (exact) mass is 310 g/mol. The van der Waals surface area contributed by atoms with Crippen LogP contribution in [0.1, 0.15) is 11.1 Å². The van der Waals surface area contributed by atoms with E-state index in [0.29, 0.717) is 10.7 Å². The summed E-state index contributed by atoms with van der Waals surface area (Å²) >= 11 is 1.43. The van der Waals surface area contributed by atoms with Crippen LogP contribution in [-0.2, 0) is 0 Å². The van der Waals surface area contributed by atoms with E-state index in [2.05, 4.69) is 20.5 Å². The van der Waals surface area contributed by atoms with Crippen LogP contribution >= 0.6 is 11.3 Å². The normalized spacial score (nSPS) is 11.0. The maximum atomic E-state index is 9.99. The van der Waals surface area contributed by atoms with Crippen molar-refractivity contribution in [3.05, 3.63) is 59.2 Å². The Morgan fingerprint density at radius 2 is 2.05 bits per heavy atom. The fourth-order valence-corrected chi connectivity index (χ4v) is 2.58. The molecule has 22 heavy (non-hydrogen) atoms. The Morgan fingerprint density at radius 3 is 2.82 bits per heavy atom. The zero-order valence-electron chi connectivity index (χ0n) is 11.9. The van der Waals surface area contributed by atoms with E-state index in [4.69, 9.17) is 0 Å². The summed E-state index contributed by atoms with van der Waals surface area (Å²) in [5, 5.41) is 16.7. The van der Waals surface area contributed by atoms with Crippen LogP contribution in [0.5, 0.6) is 5.75 Å². The van der Waals surface area contributed by atoms with Crippen molar-refractivity contribution in [2.24, 2.45) is 5.10 Å². The number of hydrazone groups is 1. The van der Waals surface area contributed by atoms with Crippen molar-refractivity contribution >= 4 is 22.7 Å². The minimum atomic E-state index is 0.233. The molecule has 0 aliphatic carbocycles. The average molecular weight is 310 g/mol. The number of benzene rings is 1. The van der Waals surface area contributed by atoms with Gasteiger partial charge in [0.15, 0.2) is 0 Å². The lowest BCUT2D eigenvalue weighted by molar-refractivity contribution is 0.477. The lowest BCUT2D eigenvalue weighted by atomic mass is 10.1. The predicted octanol–water partition coefficient (Wildman–Crippen LogP) is 3.67. The largest absolute Gasteiger partial charge is 0.507 e. The Kier molecular flexibility index (Phi) is 4.11. The summed E-state index contributed by atoms with van der Waals surface area (Å²) in [6.45, 7) is 1.94. The molecule has 0 saturated heterocycles. The first kappa shape index (κ1) is 14.2. The van der Waals surface area contributed by atoms with Crippen LogP contribution in [0.2, 0.25) is 0 Å². The number of anilines is 1. The molecule has 110 valence electrons. The molecule has 0 aliphatic rings. The van der Waals surface area contributed by atoms with Crippen LogP contribution in [0, 0.1) is 6.92 Å². The molecule has 1 aromatic carbocycles. The van der Waals surface area contributed by atoms with E-state index >= 15 is 0 Å². The van der Waals surface area contributed by atoms with E-state index in [1.807, 2.05) is 36.6 Å². The van der Waals surface area contributed by atoms with E-state index < -0.39 is 0 Å². The number of aryl methyl sites for hydroxylation is 1. The summed E-state index contributed by atoms with van der Waals surface area (Å²) in [4.78, 5) is 8.37. The predicted molar refractivity (Wildman–Crippen MR) is 89.4 cm³/mol. The Hall–Kier alpha value is -2.73. The molecule has 0 saturated carbocycles. The van der Waals surface area contributed by atoms with Gasteiger partial charge in [-0.05, 0) is 42.3 Å². The zero-order chi connectivity index (χ0) is 15.4. The van der Waals surface area contributed by atoms with Gasteiger partial charge < -0.3 is 5.11 Å². The fraction of sp³-hybridized carbons (Fsp3) is 0.0625. The van der Waals surface area contributed by atoms with Gasteiger partial charge in [0.05, 0.1) is 11.9 Å². The molecule has 0 amide bonds. The third kappa shape index (κ3) is 3.29. The van der Waals surface area contributed by atoms with Crippen molar-refractivity contribution in [3.8, 4) is 17.0 Å². The maximum Gasteiger partial charge on any atom is 0.203 e. The van der Waals surface area contributed by atoms with E-state index in [9.17, 15) is 5.11 Å². The van der Waals surface area contributed by atoms with Gasteiger partial charge in [0.25, 0.3) is 0 Å². The highest BCUT2D eigenvalue weighted by molar-refractivity contribution is 7.14. The molecule has 3 rings (SSSR count). The Bertz CT molecular complexity index is 799. The molecule has 0 spiro atoms. The Morgan fingerprint density at radius 1 is 1.23 bits per heavy atom. The lowest BCUT2D eigenvalue weighted by Gasteiger charge is -2.01. The third-order valence-corrected chi connectivity index (χ3v) is 3.76. The molecular weight excluding hydrogens is 296 g/mol. The van der Waals surface area contributed by atoms with E-state index in [1.54, 1.807) is 24.7 Å². The molecule has 0 bridgehead atoms. The number of pyridine rings is 1. The van der Waals surface area contributed by atoms with E-state index in [-0.39, 0.29) is 5.75 Å². The SMILES string of the molecule is Cc1ccc(-c2csc(N/N=C/c3ccncc3)n2)c(O)c1. The van der Waals surface area contributed by atoms with Gasteiger partial charge in [-0.25, -0.2) is 4.98 Å². The van der Waals surface area contributed by atoms with Gasteiger partial charge in [0.1, 0.15) is 5.75 Å². The highest BCUT2D eigenvalue weighted by Gasteiger charge is 2.08. The molecule has 0 aliphatic heterocycles. The topological polar surface area (TPSA) is 70.4 Å². The standard InChI is InChI=1S/C16H14N4OS/c1-11-2-3-13(15(21)8-11)14-10-22-16(19-14)20-18-9-12-4-6-17-7-5-12/h2-10,21H,1H3,(H,19,20)/b18-9+. The first-order chi connectivity index (χ1) is 10.7. The fourth-order valence-electron chi connectivity index (χ4n) is 1.92. The molecule has 2 N–H and O–H groups in total. The van der Waals surface area contributed by atoms with Gasteiger partial charge >= 0.3 is 0 Å². The molecule has 0 unspecified atom stereocenters. The first-order valence-electron chi connectivity index (χ1n) is 6.67. The van der Waals surface area contributed by atoms with Crippen LogP contribution in [0.15, 0.2) is 53.2 Å². The van der Waals surface area contributed by atoms with Crippen molar-refractivity contribution in [1.29, 1.82) is 0 Å². The summed E-state index contributed by atoms with van der Waals surface area (Å²) in [5.74, 6) is 0.233. The summed E-state index contributed by atoms with van der Waals surface area (Å²) in [6, 6.07) is 9.27. The number of hydrogen-bond donors (Lipinski definition) is 2. The van der Waals surface area contributed by atoms with Crippen molar-refractivity contribution in [1.82, 2.24) is 9.97 Å². The molecule has 5 nitrogen and oxygen atoms in total. The third-order valence-electron chi connectivity index (χ3n) is 3.01. The second-order valence-electron chi connectivity index (χ2n) is 4.71. The number of nitrogens with zero attached hydrogens (tertiary/aromatic N) is 3. The van der Waals surface area contributed by atoms with Gasteiger partial charge in [-0.15, -0.1) is 11.3 Å². The van der Waals surface area contributed by atoms with Crippen molar-refractivity contribution < 1.29 is 5.11 Å². The second-order valence-corrected chi connectivity index (χ2v) is 5.57. The minimum Gasteiger partial charge on any atom is -0.507 e. The number of aromatic nitrogens is 2. The van der Waals surface area contributed by atoms with Crippen molar-refractivity contribution in [2.75, 3.05) is 5.43 Å². The second kappa shape index (κ2) is 6.36. The minimum absolute atomic E-state index is 0.233. The van der Waals surface area contributed by atoms with Crippen LogP contribution in [-0.4, -0.2) is 21.3 Å². The van der Waals surface area contributed by atoms with Crippen LogP contribution < -0.4 is 5.43 Å². The van der Waals surface area contributed by atoms with Gasteiger partial charge in [0, 0.05) is 23.3 Å². The lowest BCUT2D eigenvalue weighted by Crippen LogP contribution is -1.90. The summed E-state index contributed by atoms with van der Waals surface area (Å²) in [7, 11) is 0. The highest BCUT2D eigenvalue weighted by Crippen LogP contribution is 2.32. The van der Waals surface area contributed by atoms with Crippen molar-refractivity contribution in [2.45, 2.75) is 6.92 Å². The number of hydrogen-bond acceptors (Lipinski definition) is 6. The summed E-state index contributed by atoms with van der Waals surface area (Å²) in [5.41, 5.74) is 6.30. The van der Waals surface area contributed by atoms with Crippen LogP contribution in [0.4, 0.5) is 5.13 Å².